The van der Waals surface area contributed by atoms with Gasteiger partial charge in [-0.05, 0) is 73.8 Å². The fourth-order valence-corrected chi connectivity index (χ4v) is 8.92. The van der Waals surface area contributed by atoms with Crippen LogP contribution in [0.3, 0.4) is 0 Å². The molecule has 4 aliphatic heterocycles. The average Bonchev–Trinajstić information content (AvgIpc) is 3.87. The van der Waals surface area contributed by atoms with E-state index in [0.29, 0.717) is 12.8 Å². The molecule has 0 aromatic rings. The molecule has 4 aliphatic rings. The maximum absolute atomic E-state index is 14.3. The molecule has 0 spiro atoms. The Morgan fingerprint density at radius 1 is 1.00 bits per heavy atom. The average molecular weight is 772 g/mol. The van der Waals surface area contributed by atoms with Crippen molar-refractivity contribution in [1.82, 2.24) is 4.90 Å². The first kappa shape index (κ1) is 45.3. The van der Waals surface area contributed by atoms with Gasteiger partial charge >= 0.3 is 5.97 Å². The van der Waals surface area contributed by atoms with E-state index in [1.54, 1.807) is 34.8 Å². The van der Waals surface area contributed by atoms with Gasteiger partial charge in [0.1, 0.15) is 30.0 Å². The summed E-state index contributed by atoms with van der Waals surface area (Å²) in [4.78, 5) is 16.3. The third-order valence-corrected chi connectivity index (χ3v) is 12.7. The van der Waals surface area contributed by atoms with Gasteiger partial charge in [-0.2, -0.15) is 0 Å². The van der Waals surface area contributed by atoms with Crippen molar-refractivity contribution in [2.45, 2.75) is 198 Å². The highest BCUT2D eigenvalue weighted by Gasteiger charge is 2.65. The van der Waals surface area contributed by atoms with Crippen LogP contribution in [0.1, 0.15) is 101 Å². The fraction of sp³-hybridized carbons (Fsp3) is 0.925. The van der Waals surface area contributed by atoms with Gasteiger partial charge < -0.3 is 58.7 Å². The van der Waals surface area contributed by atoms with Crippen LogP contribution in [0.5, 0.6) is 0 Å². The van der Waals surface area contributed by atoms with E-state index >= 15 is 0 Å². The number of methoxy groups -OCH3 is 1. The minimum atomic E-state index is -2.14. The van der Waals surface area contributed by atoms with Crippen LogP contribution in [0, 0.1) is 36.0 Å². The van der Waals surface area contributed by atoms with Gasteiger partial charge in [-0.1, -0.05) is 40.0 Å². The van der Waals surface area contributed by atoms with Gasteiger partial charge in [-0.3, -0.25) is 9.69 Å². The highest BCUT2D eigenvalue weighted by atomic mass is 16.8. The van der Waals surface area contributed by atoms with Gasteiger partial charge in [-0.15, -0.1) is 6.42 Å². The number of aliphatic hydroxyl groups excluding tert-OH is 3. The summed E-state index contributed by atoms with van der Waals surface area (Å²) in [6, 6.07) is -0.260. The Morgan fingerprint density at radius 2 is 1.65 bits per heavy atom. The lowest BCUT2D eigenvalue weighted by molar-refractivity contribution is -0.305. The summed E-state index contributed by atoms with van der Waals surface area (Å²) in [5.74, 6) is -2.82. The Hall–Kier alpha value is -1.45. The maximum Gasteiger partial charge on any atom is 0.311 e. The molecule has 14 nitrogen and oxygen atoms in total. The van der Waals surface area contributed by atoms with Gasteiger partial charge in [0.05, 0.1) is 42.9 Å². The molecule has 0 amide bonds. The smallest absolute Gasteiger partial charge is 0.311 e. The lowest BCUT2D eigenvalue weighted by Crippen LogP contribution is -2.61. The van der Waals surface area contributed by atoms with E-state index in [1.807, 2.05) is 46.6 Å². The molecule has 5 N–H and O–H groups in total. The monoisotopic (exact) mass is 771 g/mol. The third-order valence-electron chi connectivity index (χ3n) is 12.7. The highest BCUT2D eigenvalue weighted by Crippen LogP contribution is 2.49. The van der Waals surface area contributed by atoms with E-state index in [2.05, 4.69) is 5.92 Å². The van der Waals surface area contributed by atoms with E-state index in [4.69, 9.17) is 39.6 Å². The number of epoxide rings is 1. The molecular formula is C40H69NO13. The van der Waals surface area contributed by atoms with Crippen molar-refractivity contribution in [3.63, 3.8) is 0 Å². The van der Waals surface area contributed by atoms with E-state index in [1.165, 1.54) is 6.92 Å². The molecular weight excluding hydrogens is 702 g/mol. The van der Waals surface area contributed by atoms with Crippen molar-refractivity contribution in [3.05, 3.63) is 0 Å². The van der Waals surface area contributed by atoms with Crippen LogP contribution in [0.25, 0.3) is 0 Å². The number of likely N-dealkylation sites (N-methyl/N-ethyl adjacent to an activating group) is 1. The molecule has 54 heavy (non-hydrogen) atoms. The Kier molecular flexibility index (Phi) is 14.7. The molecule has 19 atom stereocenters. The normalized spacial score (nSPS) is 49.5. The largest absolute Gasteiger partial charge is 0.459 e. The Balaban J connectivity index is 1.84. The highest BCUT2D eigenvalue weighted by molar-refractivity contribution is 5.73. The van der Waals surface area contributed by atoms with Crippen molar-refractivity contribution in [2.75, 3.05) is 14.2 Å². The van der Waals surface area contributed by atoms with Crippen molar-refractivity contribution in [3.8, 4) is 12.3 Å². The Morgan fingerprint density at radius 3 is 2.22 bits per heavy atom. The van der Waals surface area contributed by atoms with Crippen LogP contribution in [0.15, 0.2) is 0 Å². The van der Waals surface area contributed by atoms with Gasteiger partial charge in [-0.25, -0.2) is 0 Å². The third kappa shape index (κ3) is 9.14. The van der Waals surface area contributed by atoms with Crippen LogP contribution in [0.4, 0.5) is 0 Å². The lowest BCUT2D eigenvalue weighted by atomic mass is 9.73. The topological polar surface area (TPSA) is 189 Å². The van der Waals surface area contributed by atoms with Crippen LogP contribution in [-0.2, 0) is 38.0 Å². The minimum absolute atomic E-state index is 0.0940. The quantitative estimate of drug-likeness (QED) is 0.131. The number of esters is 1. The molecule has 4 fully saturated rings. The molecule has 9 unspecified atom stereocenters. The zero-order valence-corrected chi connectivity index (χ0v) is 34.4. The first-order valence-corrected chi connectivity index (χ1v) is 19.8. The van der Waals surface area contributed by atoms with Gasteiger partial charge in [0.2, 0.25) is 5.79 Å². The molecule has 0 aliphatic carbocycles. The van der Waals surface area contributed by atoms with E-state index in [9.17, 15) is 30.3 Å². The van der Waals surface area contributed by atoms with E-state index in [0.717, 1.165) is 0 Å². The molecule has 0 radical (unpaired) electrons. The summed E-state index contributed by atoms with van der Waals surface area (Å²) < 4.78 is 43.4. The molecule has 14 heteroatoms. The molecule has 0 aromatic heterocycles. The standard InChI is InChI=1S/C40H69NO13/c1-14-16-28-38(11,46)33(44)23(7)30(42)21(5)18-39(47,15-2)34(53-37-31(43)27(17-22(6)49-37)41(12)20(3)4)24(8)32(25(9)36(45)51-28)52-29-19-40(48-13)35(54-40)26(10)50-29/h2,20-35,37,42-44,46-47H,14,16-19H2,1,3-13H3/t21-,22?,23+,24+,25-,26?,27?,28-,29?,30+,31?,32?,33-,34-,35?,37?,38-,39-,40?/m1/s1. The zero-order chi connectivity index (χ0) is 40.7. The number of fused-ring (bicyclic) bond motifs is 1. The maximum atomic E-state index is 14.3. The molecule has 0 saturated carbocycles. The number of cyclic esters (lactones) is 1. The van der Waals surface area contributed by atoms with Gasteiger partial charge in [0, 0.05) is 31.0 Å². The van der Waals surface area contributed by atoms with Crippen molar-refractivity contribution < 1.29 is 63.5 Å². The lowest BCUT2D eigenvalue weighted by Gasteiger charge is -2.48. The molecule has 4 heterocycles. The molecule has 4 saturated heterocycles. The molecule has 4 rings (SSSR count). The van der Waals surface area contributed by atoms with Crippen molar-refractivity contribution in [1.29, 1.82) is 0 Å². The summed E-state index contributed by atoms with van der Waals surface area (Å²) in [6.07, 6.45) is -3.38. The van der Waals surface area contributed by atoms with Gasteiger partial charge in [0.15, 0.2) is 18.2 Å². The number of ether oxygens (including phenoxy) is 7. The van der Waals surface area contributed by atoms with Gasteiger partial charge in [0.25, 0.3) is 0 Å². The predicted molar refractivity (Wildman–Crippen MR) is 197 cm³/mol. The van der Waals surface area contributed by atoms with Crippen LogP contribution in [-0.4, -0.2) is 147 Å². The Labute approximate surface area is 322 Å². The van der Waals surface area contributed by atoms with Crippen molar-refractivity contribution >= 4 is 5.97 Å². The summed E-state index contributed by atoms with van der Waals surface area (Å²) in [5.41, 5.74) is -4.10. The summed E-state index contributed by atoms with van der Waals surface area (Å²) >= 11 is 0. The first-order valence-electron chi connectivity index (χ1n) is 19.8. The van der Waals surface area contributed by atoms with E-state index in [-0.39, 0.29) is 43.6 Å². The number of nitrogens with zero attached hydrogens (tertiary/aromatic N) is 1. The number of hydrogen-bond acceptors (Lipinski definition) is 14. The molecule has 312 valence electrons. The van der Waals surface area contributed by atoms with Crippen LogP contribution < -0.4 is 0 Å². The second-order valence-corrected chi connectivity index (χ2v) is 17.2. The summed E-state index contributed by atoms with van der Waals surface area (Å²) in [7, 11) is 3.46. The zero-order valence-electron chi connectivity index (χ0n) is 34.4. The summed E-state index contributed by atoms with van der Waals surface area (Å²) in [6.45, 7) is 17.6. The molecule has 0 bridgehead atoms. The minimum Gasteiger partial charge on any atom is -0.459 e. The second-order valence-electron chi connectivity index (χ2n) is 17.2. The summed E-state index contributed by atoms with van der Waals surface area (Å²) in [5, 5.41) is 59.3. The number of terminal acetylenes is 1. The number of carbonyl (C=O) groups is 1. The predicted octanol–water partition coefficient (Wildman–Crippen LogP) is 2.33. The molecule has 0 aromatic carbocycles. The number of hydrogen-bond donors (Lipinski definition) is 5. The SMILES string of the molecule is C#C[C@@]1(O)C[C@@H](C)[C@H](O)[C@H](C)[C@@H](O)[C@](C)(O)[C@@H](CCC)OC(=O)[C@H](C)C(OC2CC3(OC)OC3C(C)O2)[C@H](C)[C@H]1OC1OC(C)CC(N(C)C(C)C)C1O. The van der Waals surface area contributed by atoms with E-state index < -0.39 is 102 Å². The Bertz CT molecular complexity index is 1290. The number of aliphatic hydroxyl groups is 5. The van der Waals surface area contributed by atoms with Crippen molar-refractivity contribution in [2.24, 2.45) is 23.7 Å². The fourth-order valence-electron chi connectivity index (χ4n) is 8.92. The number of rotatable bonds is 9. The van der Waals surface area contributed by atoms with Crippen LogP contribution in [0.2, 0.25) is 0 Å². The second kappa shape index (κ2) is 17.6. The first-order chi connectivity index (χ1) is 25.1. The van der Waals surface area contributed by atoms with Crippen LogP contribution >= 0.6 is 0 Å². The number of carbonyl (C=O) groups excluding carboxylic acids is 1.